The molecular formula is C10H9BrN2O. The number of aryl methyl sites for hydroxylation is 1. The number of rotatable bonds is 1. The maximum Gasteiger partial charge on any atom is 0.148 e. The minimum absolute atomic E-state index is 0.157. The van der Waals surface area contributed by atoms with E-state index in [-0.39, 0.29) is 5.75 Å². The number of aromatic nitrogens is 2. The van der Waals surface area contributed by atoms with Crippen LogP contribution in [0.4, 0.5) is 0 Å². The Morgan fingerprint density at radius 3 is 2.71 bits per heavy atom. The highest BCUT2D eigenvalue weighted by Gasteiger charge is 2.04. The lowest BCUT2D eigenvalue weighted by atomic mass is 10.2. The third-order valence-electron chi connectivity index (χ3n) is 1.96. The summed E-state index contributed by atoms with van der Waals surface area (Å²) in [5, 5.41) is 9.28. The molecule has 0 saturated carbocycles. The average Bonchev–Trinajstić information content (AvgIpc) is 2.57. The monoisotopic (exact) mass is 252 g/mol. The fourth-order valence-corrected chi connectivity index (χ4v) is 1.57. The molecule has 0 radical (unpaired) electrons. The Morgan fingerprint density at radius 2 is 2.14 bits per heavy atom. The Kier molecular flexibility index (Phi) is 2.29. The van der Waals surface area contributed by atoms with E-state index in [0.717, 1.165) is 11.3 Å². The average molecular weight is 253 g/mol. The second kappa shape index (κ2) is 3.46. The Balaban J connectivity index is 2.47. The molecule has 0 aliphatic heterocycles. The van der Waals surface area contributed by atoms with Crippen molar-refractivity contribution in [2.45, 2.75) is 0 Å². The van der Waals surface area contributed by atoms with Gasteiger partial charge in [-0.3, -0.25) is 0 Å². The van der Waals surface area contributed by atoms with E-state index >= 15 is 0 Å². The van der Waals surface area contributed by atoms with Crippen molar-refractivity contribution in [2.75, 3.05) is 0 Å². The first-order valence-electron chi connectivity index (χ1n) is 4.14. The largest absolute Gasteiger partial charge is 0.505 e. The molecule has 0 saturated heterocycles. The predicted molar refractivity (Wildman–Crippen MR) is 58.0 cm³/mol. The third-order valence-corrected chi connectivity index (χ3v) is 2.54. The fraction of sp³-hybridized carbons (Fsp3) is 0.100. The van der Waals surface area contributed by atoms with E-state index < -0.39 is 0 Å². The van der Waals surface area contributed by atoms with Gasteiger partial charge in [0.15, 0.2) is 0 Å². The molecule has 2 heterocycles. The number of hydrogen-bond acceptors (Lipinski definition) is 2. The number of aromatic hydroxyl groups is 1. The Bertz CT molecular complexity index is 465. The quantitative estimate of drug-likeness (QED) is 0.793. The smallest absolute Gasteiger partial charge is 0.148 e. The van der Waals surface area contributed by atoms with Crippen LogP contribution in [0.5, 0.6) is 5.75 Å². The summed E-state index contributed by atoms with van der Waals surface area (Å²) in [7, 11) is 1.96. The van der Waals surface area contributed by atoms with Crippen LogP contribution in [-0.4, -0.2) is 14.7 Å². The van der Waals surface area contributed by atoms with Gasteiger partial charge in [-0.25, -0.2) is 4.98 Å². The van der Waals surface area contributed by atoms with Gasteiger partial charge in [-0.2, -0.15) is 0 Å². The summed E-state index contributed by atoms with van der Waals surface area (Å²) >= 11 is 3.18. The maximum absolute atomic E-state index is 9.28. The van der Waals surface area contributed by atoms with Gasteiger partial charge in [-0.1, -0.05) is 0 Å². The first-order chi connectivity index (χ1) is 6.66. The van der Waals surface area contributed by atoms with Crippen molar-refractivity contribution in [1.29, 1.82) is 0 Å². The molecule has 2 rings (SSSR count). The van der Waals surface area contributed by atoms with E-state index in [2.05, 4.69) is 20.9 Å². The van der Waals surface area contributed by atoms with Crippen LogP contribution in [0.25, 0.3) is 11.3 Å². The van der Waals surface area contributed by atoms with Crippen molar-refractivity contribution in [2.24, 2.45) is 7.05 Å². The van der Waals surface area contributed by atoms with Gasteiger partial charge in [0.1, 0.15) is 10.4 Å². The Labute approximate surface area is 90.2 Å². The molecule has 14 heavy (non-hydrogen) atoms. The highest BCUT2D eigenvalue weighted by atomic mass is 79.9. The molecule has 0 spiro atoms. The van der Waals surface area contributed by atoms with Crippen LogP contribution >= 0.6 is 15.9 Å². The summed E-state index contributed by atoms with van der Waals surface area (Å²) in [5.41, 5.74) is 1.88. The number of nitrogens with zero attached hydrogens (tertiary/aromatic N) is 2. The van der Waals surface area contributed by atoms with E-state index in [9.17, 15) is 5.11 Å². The zero-order chi connectivity index (χ0) is 10.1. The zero-order valence-corrected chi connectivity index (χ0v) is 9.19. The van der Waals surface area contributed by atoms with Crippen molar-refractivity contribution in [1.82, 2.24) is 9.55 Å². The molecule has 0 aliphatic carbocycles. The lowest BCUT2D eigenvalue weighted by Crippen LogP contribution is -1.83. The number of halogens is 1. The highest BCUT2D eigenvalue weighted by Crippen LogP contribution is 2.25. The highest BCUT2D eigenvalue weighted by molar-refractivity contribution is 9.10. The van der Waals surface area contributed by atoms with Gasteiger partial charge >= 0.3 is 0 Å². The summed E-state index contributed by atoms with van der Waals surface area (Å²) in [6.45, 7) is 0. The summed E-state index contributed by atoms with van der Waals surface area (Å²) in [6, 6.07) is 5.39. The molecule has 2 aromatic rings. The second-order valence-corrected chi connectivity index (χ2v) is 3.82. The molecule has 0 fully saturated rings. The molecule has 72 valence electrons. The number of hydrogen-bond donors (Lipinski definition) is 1. The minimum Gasteiger partial charge on any atom is -0.505 e. The van der Waals surface area contributed by atoms with Gasteiger partial charge in [-0.15, -0.1) is 0 Å². The SMILES string of the molecule is Cn1ccc(-c2ccc(O)c(Br)n2)c1. The predicted octanol–water partition coefficient (Wildman–Crippen LogP) is 2.56. The van der Waals surface area contributed by atoms with E-state index in [1.165, 1.54) is 0 Å². The molecule has 0 atom stereocenters. The van der Waals surface area contributed by atoms with Crippen LogP contribution in [0.3, 0.4) is 0 Å². The van der Waals surface area contributed by atoms with Gasteiger partial charge < -0.3 is 9.67 Å². The van der Waals surface area contributed by atoms with E-state index in [0.29, 0.717) is 4.60 Å². The summed E-state index contributed by atoms with van der Waals surface area (Å²) in [6.07, 6.45) is 3.93. The van der Waals surface area contributed by atoms with E-state index in [4.69, 9.17) is 0 Å². The molecule has 0 amide bonds. The summed E-state index contributed by atoms with van der Waals surface area (Å²) < 4.78 is 2.43. The third kappa shape index (κ3) is 1.65. The van der Waals surface area contributed by atoms with Crippen molar-refractivity contribution in [3.8, 4) is 17.0 Å². The summed E-state index contributed by atoms with van der Waals surface area (Å²) in [4.78, 5) is 4.21. The molecule has 0 aliphatic rings. The Hall–Kier alpha value is -1.29. The van der Waals surface area contributed by atoms with Crippen molar-refractivity contribution in [3.05, 3.63) is 35.2 Å². The van der Waals surface area contributed by atoms with Crippen LogP contribution in [-0.2, 0) is 7.05 Å². The fourth-order valence-electron chi connectivity index (χ4n) is 1.24. The van der Waals surface area contributed by atoms with Crippen LogP contribution in [0.2, 0.25) is 0 Å². The molecule has 0 bridgehead atoms. The molecule has 2 aromatic heterocycles. The van der Waals surface area contributed by atoms with Gasteiger partial charge in [0.2, 0.25) is 0 Å². The van der Waals surface area contributed by atoms with Gasteiger partial charge in [0.25, 0.3) is 0 Å². The van der Waals surface area contributed by atoms with Crippen molar-refractivity contribution in [3.63, 3.8) is 0 Å². The van der Waals surface area contributed by atoms with Crippen LogP contribution in [0, 0.1) is 0 Å². The molecule has 4 heteroatoms. The molecule has 3 nitrogen and oxygen atoms in total. The first-order valence-corrected chi connectivity index (χ1v) is 4.94. The number of pyridine rings is 1. The molecule has 0 unspecified atom stereocenters. The topological polar surface area (TPSA) is 38.0 Å². The van der Waals surface area contributed by atoms with Crippen LogP contribution < -0.4 is 0 Å². The van der Waals surface area contributed by atoms with E-state index in [1.807, 2.05) is 30.1 Å². The van der Waals surface area contributed by atoms with Crippen molar-refractivity contribution < 1.29 is 5.11 Å². The maximum atomic E-state index is 9.28. The summed E-state index contributed by atoms with van der Waals surface area (Å²) in [5.74, 6) is 0.157. The van der Waals surface area contributed by atoms with Crippen molar-refractivity contribution >= 4 is 15.9 Å². The molecular weight excluding hydrogens is 244 g/mol. The Morgan fingerprint density at radius 1 is 1.36 bits per heavy atom. The van der Waals surface area contributed by atoms with Crippen LogP contribution in [0.1, 0.15) is 0 Å². The molecule has 1 N–H and O–H groups in total. The normalized spacial score (nSPS) is 10.4. The van der Waals surface area contributed by atoms with E-state index in [1.54, 1.807) is 12.1 Å². The standard InChI is InChI=1S/C10H9BrN2O/c1-13-5-4-7(6-13)8-2-3-9(14)10(11)12-8/h2-6,14H,1H3. The zero-order valence-electron chi connectivity index (χ0n) is 7.61. The molecule has 0 aromatic carbocycles. The van der Waals surface area contributed by atoms with Crippen LogP contribution in [0.15, 0.2) is 35.2 Å². The minimum atomic E-state index is 0.157. The van der Waals surface area contributed by atoms with Gasteiger partial charge in [-0.05, 0) is 34.1 Å². The van der Waals surface area contributed by atoms with Gasteiger partial charge in [0, 0.05) is 25.0 Å². The second-order valence-electron chi connectivity index (χ2n) is 3.07. The van der Waals surface area contributed by atoms with Gasteiger partial charge in [0.05, 0.1) is 5.69 Å². The first kappa shape index (κ1) is 9.27. The lowest BCUT2D eigenvalue weighted by molar-refractivity contribution is 0.469. The lowest BCUT2D eigenvalue weighted by Gasteiger charge is -1.99.